The van der Waals surface area contributed by atoms with Crippen molar-refractivity contribution in [3.05, 3.63) is 23.3 Å². The molecule has 5 heteroatoms. The Labute approximate surface area is 107 Å². The molecule has 1 aromatic carbocycles. The van der Waals surface area contributed by atoms with Crippen LogP contribution in [0.15, 0.2) is 12.1 Å². The van der Waals surface area contributed by atoms with Crippen LogP contribution in [0.2, 0.25) is 0 Å². The number of nitrogens with one attached hydrogen (secondary N) is 1. The third-order valence-corrected chi connectivity index (χ3v) is 3.12. The van der Waals surface area contributed by atoms with Crippen molar-refractivity contribution >= 4 is 0 Å². The number of piperazine rings is 1. The summed E-state index contributed by atoms with van der Waals surface area (Å²) in [4.78, 5) is 2.30. The lowest BCUT2D eigenvalue weighted by atomic mass is 10.1. The number of phenols is 1. The molecule has 0 radical (unpaired) electrons. The summed E-state index contributed by atoms with van der Waals surface area (Å²) in [5.41, 5.74) is 1.23. The molecule has 0 spiro atoms. The van der Waals surface area contributed by atoms with E-state index in [4.69, 9.17) is 10.00 Å². The first kappa shape index (κ1) is 12.7. The van der Waals surface area contributed by atoms with Crippen LogP contribution in [0.4, 0.5) is 0 Å². The Bertz CT molecular complexity index is 462. The third-order valence-electron chi connectivity index (χ3n) is 3.12. The molecular formula is C13H17N3O2. The van der Waals surface area contributed by atoms with Crippen LogP contribution in [0.3, 0.4) is 0 Å². The minimum absolute atomic E-state index is 0.0292. The number of ether oxygens (including phenoxy) is 1. The van der Waals surface area contributed by atoms with Gasteiger partial charge in [-0.05, 0) is 6.07 Å². The van der Waals surface area contributed by atoms with E-state index in [2.05, 4.69) is 10.2 Å². The summed E-state index contributed by atoms with van der Waals surface area (Å²) in [6.07, 6.45) is 0. The van der Waals surface area contributed by atoms with Gasteiger partial charge < -0.3 is 15.2 Å². The first-order valence-corrected chi connectivity index (χ1v) is 5.97. The van der Waals surface area contributed by atoms with E-state index < -0.39 is 0 Å². The zero-order valence-electron chi connectivity index (χ0n) is 10.4. The maximum atomic E-state index is 9.63. The van der Waals surface area contributed by atoms with Crippen LogP contribution in [0.5, 0.6) is 11.5 Å². The number of benzene rings is 1. The van der Waals surface area contributed by atoms with Crippen molar-refractivity contribution in [3.63, 3.8) is 0 Å². The maximum Gasteiger partial charge on any atom is 0.137 e. The second-order valence-electron chi connectivity index (χ2n) is 4.32. The molecule has 0 saturated carbocycles. The predicted molar refractivity (Wildman–Crippen MR) is 67.5 cm³/mol. The lowest BCUT2D eigenvalue weighted by molar-refractivity contribution is 0.230. The highest BCUT2D eigenvalue weighted by molar-refractivity contribution is 5.51. The van der Waals surface area contributed by atoms with Gasteiger partial charge in [0.25, 0.3) is 0 Å². The van der Waals surface area contributed by atoms with Crippen molar-refractivity contribution in [2.45, 2.75) is 6.54 Å². The fourth-order valence-electron chi connectivity index (χ4n) is 2.13. The first-order chi connectivity index (χ1) is 8.74. The Kier molecular flexibility index (Phi) is 4.03. The predicted octanol–water partition coefficient (Wildman–Crippen LogP) is 0.678. The van der Waals surface area contributed by atoms with Crippen LogP contribution in [0, 0.1) is 11.3 Å². The third kappa shape index (κ3) is 2.73. The maximum absolute atomic E-state index is 9.63. The Morgan fingerprint density at radius 1 is 1.44 bits per heavy atom. The van der Waals surface area contributed by atoms with E-state index in [1.165, 1.54) is 6.07 Å². The fraction of sp³-hybridized carbons (Fsp3) is 0.462. The molecule has 1 aliphatic rings. The molecule has 2 N–H and O–H groups in total. The summed E-state index contributed by atoms with van der Waals surface area (Å²) < 4.78 is 5.26. The van der Waals surface area contributed by atoms with E-state index >= 15 is 0 Å². The van der Waals surface area contributed by atoms with Gasteiger partial charge in [-0.25, -0.2) is 0 Å². The lowest BCUT2D eigenvalue weighted by Gasteiger charge is -2.27. The van der Waals surface area contributed by atoms with Crippen molar-refractivity contribution < 1.29 is 9.84 Å². The van der Waals surface area contributed by atoms with Crippen LogP contribution in [0.1, 0.15) is 11.1 Å². The molecule has 18 heavy (non-hydrogen) atoms. The van der Waals surface area contributed by atoms with Crippen molar-refractivity contribution in [3.8, 4) is 17.6 Å². The average Bonchev–Trinajstić information content (AvgIpc) is 2.41. The quantitative estimate of drug-likeness (QED) is 0.822. The van der Waals surface area contributed by atoms with Gasteiger partial charge >= 0.3 is 0 Å². The molecule has 96 valence electrons. The van der Waals surface area contributed by atoms with E-state index in [0.29, 0.717) is 11.3 Å². The normalized spacial score (nSPS) is 16.2. The Morgan fingerprint density at radius 3 is 2.78 bits per heavy atom. The summed E-state index contributed by atoms with van der Waals surface area (Å²) in [6.45, 7) is 4.65. The Balaban J connectivity index is 2.22. The highest BCUT2D eigenvalue weighted by Gasteiger charge is 2.15. The van der Waals surface area contributed by atoms with Crippen LogP contribution in [0.25, 0.3) is 0 Å². The summed E-state index contributed by atoms with van der Waals surface area (Å²) in [5, 5.41) is 21.9. The van der Waals surface area contributed by atoms with E-state index in [-0.39, 0.29) is 5.75 Å². The highest BCUT2D eigenvalue weighted by atomic mass is 16.5. The zero-order valence-corrected chi connectivity index (χ0v) is 10.4. The van der Waals surface area contributed by atoms with E-state index in [1.807, 2.05) is 6.07 Å². The number of aromatic hydroxyl groups is 1. The van der Waals surface area contributed by atoms with E-state index in [1.54, 1.807) is 13.2 Å². The molecule has 0 bridgehead atoms. The van der Waals surface area contributed by atoms with Crippen molar-refractivity contribution in [2.75, 3.05) is 33.3 Å². The summed E-state index contributed by atoms with van der Waals surface area (Å²) in [6, 6.07) is 5.20. The van der Waals surface area contributed by atoms with Gasteiger partial charge in [0, 0.05) is 44.4 Å². The SMILES string of the molecule is COc1cc(O)c(C#N)cc1CN1CCNCC1. The van der Waals surface area contributed by atoms with Gasteiger partial charge in [0.05, 0.1) is 12.7 Å². The number of methoxy groups -OCH3 is 1. The average molecular weight is 247 g/mol. The van der Waals surface area contributed by atoms with Gasteiger partial charge in [0.1, 0.15) is 17.6 Å². The van der Waals surface area contributed by atoms with Crippen LogP contribution >= 0.6 is 0 Å². The van der Waals surface area contributed by atoms with Crippen LogP contribution < -0.4 is 10.1 Å². The van der Waals surface area contributed by atoms with Crippen molar-refractivity contribution in [2.24, 2.45) is 0 Å². The molecule has 1 aromatic rings. The van der Waals surface area contributed by atoms with E-state index in [0.717, 1.165) is 38.3 Å². The largest absolute Gasteiger partial charge is 0.506 e. The molecule has 1 fully saturated rings. The fourth-order valence-corrected chi connectivity index (χ4v) is 2.13. The molecule has 0 aromatic heterocycles. The summed E-state index contributed by atoms with van der Waals surface area (Å²) >= 11 is 0. The molecule has 0 aliphatic carbocycles. The molecule has 5 nitrogen and oxygen atoms in total. The molecule has 1 heterocycles. The van der Waals surface area contributed by atoms with Gasteiger partial charge in [0.15, 0.2) is 0 Å². The topological polar surface area (TPSA) is 68.5 Å². The smallest absolute Gasteiger partial charge is 0.137 e. The Hall–Kier alpha value is -1.77. The Morgan fingerprint density at radius 2 is 2.17 bits per heavy atom. The summed E-state index contributed by atoms with van der Waals surface area (Å²) in [5.74, 6) is 0.600. The number of rotatable bonds is 3. The standard InChI is InChI=1S/C13H17N3O2/c1-18-13-7-12(17)10(8-14)6-11(13)9-16-4-2-15-3-5-16/h6-7,15,17H,2-5,9H2,1H3. The van der Waals surface area contributed by atoms with Crippen LogP contribution in [-0.2, 0) is 6.54 Å². The van der Waals surface area contributed by atoms with Gasteiger partial charge in [-0.1, -0.05) is 0 Å². The second-order valence-corrected chi connectivity index (χ2v) is 4.32. The molecule has 0 atom stereocenters. The highest BCUT2D eigenvalue weighted by Crippen LogP contribution is 2.28. The van der Waals surface area contributed by atoms with E-state index in [9.17, 15) is 5.11 Å². The monoisotopic (exact) mass is 247 g/mol. The van der Waals surface area contributed by atoms with Gasteiger partial charge in [-0.3, -0.25) is 4.90 Å². The number of phenolic OH excluding ortho intramolecular Hbond substituents is 1. The number of nitrogens with zero attached hydrogens (tertiary/aromatic N) is 2. The number of hydrogen-bond donors (Lipinski definition) is 2. The lowest BCUT2D eigenvalue weighted by Crippen LogP contribution is -2.42. The van der Waals surface area contributed by atoms with Gasteiger partial charge in [0.2, 0.25) is 0 Å². The summed E-state index contributed by atoms with van der Waals surface area (Å²) in [7, 11) is 1.57. The molecular weight excluding hydrogens is 230 g/mol. The number of hydrogen-bond acceptors (Lipinski definition) is 5. The van der Waals surface area contributed by atoms with Crippen molar-refractivity contribution in [1.29, 1.82) is 5.26 Å². The zero-order chi connectivity index (χ0) is 13.0. The molecule has 0 unspecified atom stereocenters. The second kappa shape index (κ2) is 5.71. The number of nitriles is 1. The molecule has 0 amide bonds. The molecule has 2 rings (SSSR count). The molecule has 1 aliphatic heterocycles. The molecule has 1 saturated heterocycles. The first-order valence-electron chi connectivity index (χ1n) is 5.97. The minimum Gasteiger partial charge on any atom is -0.506 e. The van der Waals surface area contributed by atoms with Crippen molar-refractivity contribution in [1.82, 2.24) is 10.2 Å². The van der Waals surface area contributed by atoms with Crippen LogP contribution in [-0.4, -0.2) is 43.3 Å². The van der Waals surface area contributed by atoms with Gasteiger partial charge in [-0.15, -0.1) is 0 Å². The minimum atomic E-state index is -0.0292. The van der Waals surface area contributed by atoms with Gasteiger partial charge in [-0.2, -0.15) is 5.26 Å².